The predicted octanol–water partition coefficient (Wildman–Crippen LogP) is 3.44. The van der Waals surface area contributed by atoms with Crippen molar-refractivity contribution in [1.82, 2.24) is 5.32 Å². The molecule has 1 aromatic carbocycles. The highest BCUT2D eigenvalue weighted by Crippen LogP contribution is 2.14. The fourth-order valence-electron chi connectivity index (χ4n) is 1.85. The minimum Gasteiger partial charge on any atom is -0.497 e. The monoisotopic (exact) mass is 277 g/mol. The summed E-state index contributed by atoms with van der Waals surface area (Å²) < 4.78 is 10.9. The van der Waals surface area contributed by atoms with Crippen LogP contribution < -0.4 is 10.1 Å². The van der Waals surface area contributed by atoms with Gasteiger partial charge in [-0.2, -0.15) is 11.8 Å². The molecule has 0 bridgehead atoms. The molecule has 0 saturated carbocycles. The van der Waals surface area contributed by atoms with Crippen molar-refractivity contribution in [3.8, 4) is 5.75 Å². The molecule has 2 rings (SSSR count). The van der Waals surface area contributed by atoms with Gasteiger partial charge >= 0.3 is 0 Å². The van der Waals surface area contributed by atoms with Crippen molar-refractivity contribution in [1.29, 1.82) is 0 Å². The van der Waals surface area contributed by atoms with E-state index in [2.05, 4.69) is 17.6 Å². The van der Waals surface area contributed by atoms with E-state index in [9.17, 15) is 0 Å². The Morgan fingerprint density at radius 1 is 1.16 bits per heavy atom. The Bertz CT molecular complexity index is 510. The number of nitrogens with one attached hydrogen (secondary N) is 1. The van der Waals surface area contributed by atoms with Crippen LogP contribution in [0, 0.1) is 0 Å². The van der Waals surface area contributed by atoms with Gasteiger partial charge in [-0.25, -0.2) is 0 Å². The zero-order chi connectivity index (χ0) is 13.5. The second kappa shape index (κ2) is 7.26. The van der Waals surface area contributed by atoms with Crippen LogP contribution in [0.1, 0.15) is 17.1 Å². The summed E-state index contributed by atoms with van der Waals surface area (Å²) in [4.78, 5) is 0. The number of rotatable bonds is 7. The third-order valence-electron chi connectivity index (χ3n) is 2.77. The fourth-order valence-corrected chi connectivity index (χ4v) is 2.29. The first-order chi connectivity index (χ1) is 9.31. The van der Waals surface area contributed by atoms with Crippen LogP contribution in [0.5, 0.6) is 5.75 Å². The van der Waals surface area contributed by atoms with Gasteiger partial charge in [0.1, 0.15) is 17.3 Å². The summed E-state index contributed by atoms with van der Waals surface area (Å²) >= 11 is 1.76. The molecule has 1 aromatic heterocycles. The Morgan fingerprint density at radius 2 is 2.00 bits per heavy atom. The van der Waals surface area contributed by atoms with Crippen molar-refractivity contribution in [3.63, 3.8) is 0 Å². The van der Waals surface area contributed by atoms with Gasteiger partial charge in [0.25, 0.3) is 0 Å². The van der Waals surface area contributed by atoms with E-state index in [4.69, 9.17) is 9.15 Å². The first-order valence-corrected chi connectivity index (χ1v) is 7.61. The van der Waals surface area contributed by atoms with Gasteiger partial charge in [0, 0.05) is 6.54 Å². The van der Waals surface area contributed by atoms with E-state index in [1.54, 1.807) is 18.9 Å². The normalized spacial score (nSPS) is 10.6. The molecule has 0 amide bonds. The molecule has 0 aliphatic heterocycles. The second-order valence-corrected chi connectivity index (χ2v) is 5.12. The highest BCUT2D eigenvalue weighted by atomic mass is 32.2. The molecule has 0 aliphatic rings. The van der Waals surface area contributed by atoms with Crippen LogP contribution in [0.4, 0.5) is 0 Å². The average molecular weight is 277 g/mol. The van der Waals surface area contributed by atoms with E-state index in [-0.39, 0.29) is 0 Å². The Kier molecular flexibility index (Phi) is 5.36. The Hall–Kier alpha value is -1.39. The molecule has 1 N–H and O–H groups in total. The van der Waals surface area contributed by atoms with Gasteiger partial charge < -0.3 is 14.5 Å². The Labute approximate surface area is 118 Å². The molecular weight excluding hydrogens is 258 g/mol. The zero-order valence-electron chi connectivity index (χ0n) is 11.3. The zero-order valence-corrected chi connectivity index (χ0v) is 12.1. The summed E-state index contributed by atoms with van der Waals surface area (Å²) in [5, 5.41) is 3.37. The summed E-state index contributed by atoms with van der Waals surface area (Å²) in [5.41, 5.74) is 1.20. The quantitative estimate of drug-likeness (QED) is 0.840. The van der Waals surface area contributed by atoms with Crippen molar-refractivity contribution in [3.05, 3.63) is 53.5 Å². The van der Waals surface area contributed by atoms with Gasteiger partial charge in [0.2, 0.25) is 0 Å². The van der Waals surface area contributed by atoms with Gasteiger partial charge in [-0.05, 0) is 36.1 Å². The topological polar surface area (TPSA) is 34.4 Å². The summed E-state index contributed by atoms with van der Waals surface area (Å²) in [6.07, 6.45) is 2.07. The first-order valence-electron chi connectivity index (χ1n) is 6.22. The SMILES string of the molecule is COc1cccc(CNCc2ccc(CSC)o2)c1. The third kappa shape index (κ3) is 4.33. The second-order valence-electron chi connectivity index (χ2n) is 4.26. The van der Waals surface area contributed by atoms with Gasteiger partial charge in [-0.15, -0.1) is 0 Å². The molecule has 1 heterocycles. The number of hydrogen-bond acceptors (Lipinski definition) is 4. The largest absolute Gasteiger partial charge is 0.497 e. The molecule has 0 unspecified atom stereocenters. The number of furan rings is 1. The molecule has 3 nitrogen and oxygen atoms in total. The molecule has 0 radical (unpaired) electrons. The van der Waals surface area contributed by atoms with Crippen LogP contribution in [0.15, 0.2) is 40.8 Å². The lowest BCUT2D eigenvalue weighted by Crippen LogP contribution is -2.12. The van der Waals surface area contributed by atoms with E-state index >= 15 is 0 Å². The van der Waals surface area contributed by atoms with Crippen LogP contribution in [-0.4, -0.2) is 13.4 Å². The Balaban J connectivity index is 1.81. The van der Waals surface area contributed by atoms with Gasteiger partial charge in [0.15, 0.2) is 0 Å². The van der Waals surface area contributed by atoms with Gasteiger partial charge in [-0.1, -0.05) is 12.1 Å². The maximum absolute atomic E-state index is 5.70. The number of thioether (sulfide) groups is 1. The van der Waals surface area contributed by atoms with Crippen molar-refractivity contribution < 1.29 is 9.15 Å². The molecule has 0 spiro atoms. The number of hydrogen-bond donors (Lipinski definition) is 1. The number of benzene rings is 1. The highest BCUT2D eigenvalue weighted by molar-refractivity contribution is 7.97. The lowest BCUT2D eigenvalue weighted by atomic mass is 10.2. The van der Waals surface area contributed by atoms with Crippen LogP contribution >= 0.6 is 11.8 Å². The van der Waals surface area contributed by atoms with Gasteiger partial charge in [-0.3, -0.25) is 0 Å². The third-order valence-corrected chi connectivity index (χ3v) is 3.34. The molecule has 2 aromatic rings. The standard InChI is InChI=1S/C15H19NO2S/c1-17-13-5-3-4-12(8-13)9-16-10-14-6-7-15(18-14)11-19-2/h3-8,16H,9-11H2,1-2H3. The summed E-state index contributed by atoms with van der Waals surface area (Å²) in [5.74, 6) is 3.83. The van der Waals surface area contributed by atoms with E-state index in [0.29, 0.717) is 0 Å². The van der Waals surface area contributed by atoms with Crippen molar-refractivity contribution in [2.45, 2.75) is 18.8 Å². The van der Waals surface area contributed by atoms with E-state index in [1.165, 1.54) is 5.56 Å². The molecule has 19 heavy (non-hydrogen) atoms. The average Bonchev–Trinajstić information content (AvgIpc) is 2.87. The first kappa shape index (κ1) is 14.0. The summed E-state index contributed by atoms with van der Waals surface area (Å²) in [6.45, 7) is 1.54. The lowest BCUT2D eigenvalue weighted by Gasteiger charge is -2.05. The summed E-state index contributed by atoms with van der Waals surface area (Å²) in [7, 11) is 1.68. The van der Waals surface area contributed by atoms with E-state index in [1.807, 2.05) is 30.3 Å². The molecular formula is C15H19NO2S. The molecule has 0 aliphatic carbocycles. The van der Waals surface area contributed by atoms with Crippen LogP contribution in [-0.2, 0) is 18.8 Å². The minimum atomic E-state index is 0.742. The van der Waals surface area contributed by atoms with Crippen LogP contribution in [0.2, 0.25) is 0 Å². The fraction of sp³-hybridized carbons (Fsp3) is 0.333. The molecule has 102 valence electrons. The maximum atomic E-state index is 5.70. The number of methoxy groups -OCH3 is 1. The molecule has 4 heteroatoms. The summed E-state index contributed by atoms with van der Waals surface area (Å²) in [6, 6.07) is 12.1. The van der Waals surface area contributed by atoms with Crippen molar-refractivity contribution in [2.75, 3.05) is 13.4 Å². The van der Waals surface area contributed by atoms with E-state index < -0.39 is 0 Å². The van der Waals surface area contributed by atoms with Crippen molar-refractivity contribution in [2.24, 2.45) is 0 Å². The molecule has 0 fully saturated rings. The number of ether oxygens (including phenoxy) is 1. The van der Waals surface area contributed by atoms with Crippen LogP contribution in [0.25, 0.3) is 0 Å². The minimum absolute atomic E-state index is 0.742. The van der Waals surface area contributed by atoms with Crippen molar-refractivity contribution >= 4 is 11.8 Å². The Morgan fingerprint density at radius 3 is 2.79 bits per heavy atom. The van der Waals surface area contributed by atoms with E-state index in [0.717, 1.165) is 36.1 Å². The smallest absolute Gasteiger partial charge is 0.119 e. The van der Waals surface area contributed by atoms with Crippen LogP contribution in [0.3, 0.4) is 0 Å². The van der Waals surface area contributed by atoms with Gasteiger partial charge in [0.05, 0.1) is 19.4 Å². The molecule has 0 atom stereocenters. The highest BCUT2D eigenvalue weighted by Gasteiger charge is 2.01. The maximum Gasteiger partial charge on any atom is 0.119 e. The molecule has 0 saturated heterocycles. The predicted molar refractivity (Wildman–Crippen MR) is 79.5 cm³/mol. The lowest BCUT2D eigenvalue weighted by molar-refractivity contribution is 0.414.